The average molecular weight is 285 g/mol. The lowest BCUT2D eigenvalue weighted by molar-refractivity contribution is -0.120. The smallest absolute Gasteiger partial charge is 0.224 e. The molecule has 1 aromatic heterocycles. The Bertz CT molecular complexity index is 572. The average Bonchev–Trinajstić information content (AvgIpc) is 3.19. The van der Waals surface area contributed by atoms with E-state index in [-0.39, 0.29) is 12.0 Å². The monoisotopic (exact) mass is 285 g/mol. The highest BCUT2D eigenvalue weighted by Crippen LogP contribution is 2.11. The second-order valence-electron chi connectivity index (χ2n) is 5.23. The van der Waals surface area contributed by atoms with Gasteiger partial charge in [-0.2, -0.15) is 5.10 Å². The second-order valence-corrected chi connectivity index (χ2v) is 5.23. The number of hydrogen-bond acceptors (Lipinski definition) is 3. The molecular weight excluding hydrogens is 266 g/mol. The SMILES string of the molecule is O=C(Cc1ccc(-n2cccn2)cc1)NC[C@H]1CCCO1. The maximum absolute atomic E-state index is 11.9. The fourth-order valence-electron chi connectivity index (χ4n) is 2.47. The van der Waals surface area contributed by atoms with Crippen LogP contribution in [0.3, 0.4) is 0 Å². The van der Waals surface area contributed by atoms with Gasteiger partial charge in [0.25, 0.3) is 0 Å². The number of rotatable bonds is 5. The van der Waals surface area contributed by atoms with E-state index in [0.717, 1.165) is 30.7 Å². The van der Waals surface area contributed by atoms with Crippen molar-refractivity contribution in [1.29, 1.82) is 0 Å². The summed E-state index contributed by atoms with van der Waals surface area (Å²) in [5.74, 6) is 0.0392. The van der Waals surface area contributed by atoms with Gasteiger partial charge < -0.3 is 10.1 Å². The zero-order valence-electron chi connectivity index (χ0n) is 11.9. The van der Waals surface area contributed by atoms with Gasteiger partial charge in [-0.15, -0.1) is 0 Å². The minimum absolute atomic E-state index is 0.0392. The number of aromatic nitrogens is 2. The third-order valence-corrected chi connectivity index (χ3v) is 3.62. The molecule has 1 aliphatic rings. The van der Waals surface area contributed by atoms with E-state index in [2.05, 4.69) is 10.4 Å². The van der Waals surface area contributed by atoms with Crippen LogP contribution in [-0.2, 0) is 16.0 Å². The topological polar surface area (TPSA) is 56.2 Å². The molecule has 5 nitrogen and oxygen atoms in total. The lowest BCUT2D eigenvalue weighted by Crippen LogP contribution is -2.32. The quantitative estimate of drug-likeness (QED) is 0.910. The number of benzene rings is 1. The number of nitrogens with one attached hydrogen (secondary N) is 1. The van der Waals surface area contributed by atoms with Crippen molar-refractivity contribution < 1.29 is 9.53 Å². The first-order valence-electron chi connectivity index (χ1n) is 7.28. The van der Waals surface area contributed by atoms with Crippen LogP contribution in [0.15, 0.2) is 42.7 Å². The Morgan fingerprint density at radius 2 is 2.24 bits per heavy atom. The fourth-order valence-corrected chi connectivity index (χ4v) is 2.47. The Balaban J connectivity index is 1.51. The summed E-state index contributed by atoms with van der Waals surface area (Å²) in [7, 11) is 0. The molecule has 0 bridgehead atoms. The predicted octanol–water partition coefficient (Wildman–Crippen LogP) is 1.71. The molecule has 110 valence electrons. The standard InChI is InChI=1S/C16H19N3O2/c20-16(17-12-15-3-1-10-21-15)11-13-4-6-14(7-5-13)19-9-2-8-18-19/h2,4-9,15H,1,3,10-12H2,(H,17,20)/t15-/m1/s1. The van der Waals surface area contributed by atoms with Gasteiger partial charge in [0, 0.05) is 25.5 Å². The minimum Gasteiger partial charge on any atom is -0.376 e. The van der Waals surface area contributed by atoms with Crippen LogP contribution in [-0.4, -0.2) is 34.9 Å². The van der Waals surface area contributed by atoms with E-state index in [9.17, 15) is 4.79 Å². The summed E-state index contributed by atoms with van der Waals surface area (Å²) < 4.78 is 7.28. The van der Waals surface area contributed by atoms with Gasteiger partial charge in [0.15, 0.2) is 0 Å². The molecule has 1 saturated heterocycles. The molecule has 0 spiro atoms. The van der Waals surface area contributed by atoms with E-state index in [1.807, 2.05) is 36.5 Å². The van der Waals surface area contributed by atoms with Gasteiger partial charge in [0.1, 0.15) is 0 Å². The number of nitrogens with zero attached hydrogens (tertiary/aromatic N) is 2. The highest BCUT2D eigenvalue weighted by molar-refractivity contribution is 5.78. The summed E-state index contributed by atoms with van der Waals surface area (Å²) >= 11 is 0. The van der Waals surface area contributed by atoms with E-state index in [4.69, 9.17) is 4.74 Å². The van der Waals surface area contributed by atoms with Gasteiger partial charge >= 0.3 is 0 Å². The van der Waals surface area contributed by atoms with Crippen LogP contribution in [0, 0.1) is 0 Å². The van der Waals surface area contributed by atoms with E-state index in [0.29, 0.717) is 13.0 Å². The third kappa shape index (κ3) is 3.70. The number of hydrogen-bond donors (Lipinski definition) is 1. The number of ether oxygens (including phenoxy) is 1. The lowest BCUT2D eigenvalue weighted by Gasteiger charge is -2.11. The predicted molar refractivity (Wildman–Crippen MR) is 79.3 cm³/mol. The zero-order chi connectivity index (χ0) is 14.5. The zero-order valence-corrected chi connectivity index (χ0v) is 11.9. The Morgan fingerprint density at radius 1 is 1.38 bits per heavy atom. The molecule has 0 saturated carbocycles. The Labute approximate surface area is 123 Å². The van der Waals surface area contributed by atoms with Crippen LogP contribution >= 0.6 is 0 Å². The van der Waals surface area contributed by atoms with Gasteiger partial charge in [-0.3, -0.25) is 4.79 Å². The summed E-state index contributed by atoms with van der Waals surface area (Å²) in [6.07, 6.45) is 6.35. The van der Waals surface area contributed by atoms with Crippen LogP contribution in [0.5, 0.6) is 0 Å². The van der Waals surface area contributed by atoms with Crippen molar-refractivity contribution in [1.82, 2.24) is 15.1 Å². The van der Waals surface area contributed by atoms with Crippen LogP contribution in [0.1, 0.15) is 18.4 Å². The molecule has 1 aliphatic heterocycles. The molecule has 1 atom stereocenters. The first-order chi connectivity index (χ1) is 10.3. The molecule has 0 unspecified atom stereocenters. The third-order valence-electron chi connectivity index (χ3n) is 3.62. The number of carbonyl (C=O) groups is 1. The lowest BCUT2D eigenvalue weighted by atomic mass is 10.1. The van der Waals surface area contributed by atoms with Crippen LogP contribution in [0.2, 0.25) is 0 Å². The van der Waals surface area contributed by atoms with Gasteiger partial charge in [-0.25, -0.2) is 4.68 Å². The molecule has 1 aromatic carbocycles. The Hall–Kier alpha value is -2.14. The maximum Gasteiger partial charge on any atom is 0.224 e. The summed E-state index contributed by atoms with van der Waals surface area (Å²) in [6.45, 7) is 1.43. The Kier molecular flexibility index (Phi) is 4.31. The van der Waals surface area contributed by atoms with Crippen molar-refractivity contribution in [3.63, 3.8) is 0 Å². The molecule has 1 fully saturated rings. The van der Waals surface area contributed by atoms with Crippen LogP contribution < -0.4 is 5.32 Å². The molecule has 21 heavy (non-hydrogen) atoms. The summed E-state index contributed by atoms with van der Waals surface area (Å²) in [5.41, 5.74) is 1.99. The van der Waals surface area contributed by atoms with Gasteiger partial charge in [0.05, 0.1) is 18.2 Å². The van der Waals surface area contributed by atoms with Crippen molar-refractivity contribution in [3.05, 3.63) is 48.3 Å². The van der Waals surface area contributed by atoms with Crippen LogP contribution in [0.25, 0.3) is 5.69 Å². The molecule has 2 aromatic rings. The summed E-state index contributed by atoms with van der Waals surface area (Å²) in [6, 6.07) is 9.74. The Morgan fingerprint density at radius 3 is 2.90 bits per heavy atom. The van der Waals surface area contributed by atoms with E-state index < -0.39 is 0 Å². The molecule has 2 heterocycles. The van der Waals surface area contributed by atoms with Crippen molar-refractivity contribution in [2.75, 3.05) is 13.2 Å². The highest BCUT2D eigenvalue weighted by Gasteiger charge is 2.16. The molecule has 1 N–H and O–H groups in total. The van der Waals surface area contributed by atoms with Gasteiger partial charge in [0.2, 0.25) is 5.91 Å². The van der Waals surface area contributed by atoms with Crippen molar-refractivity contribution in [2.24, 2.45) is 0 Å². The van der Waals surface area contributed by atoms with Crippen LogP contribution in [0.4, 0.5) is 0 Å². The van der Waals surface area contributed by atoms with Crippen molar-refractivity contribution in [2.45, 2.75) is 25.4 Å². The van der Waals surface area contributed by atoms with Gasteiger partial charge in [-0.05, 0) is 36.6 Å². The highest BCUT2D eigenvalue weighted by atomic mass is 16.5. The number of amides is 1. The van der Waals surface area contributed by atoms with Crippen molar-refractivity contribution >= 4 is 5.91 Å². The molecule has 1 amide bonds. The molecule has 0 aliphatic carbocycles. The molecule has 3 rings (SSSR count). The van der Waals surface area contributed by atoms with Gasteiger partial charge in [-0.1, -0.05) is 12.1 Å². The number of carbonyl (C=O) groups excluding carboxylic acids is 1. The van der Waals surface area contributed by atoms with Crippen molar-refractivity contribution in [3.8, 4) is 5.69 Å². The molecule has 5 heteroatoms. The summed E-state index contributed by atoms with van der Waals surface area (Å²) in [4.78, 5) is 11.9. The van der Waals surface area contributed by atoms with E-state index >= 15 is 0 Å². The molecular formula is C16H19N3O2. The largest absolute Gasteiger partial charge is 0.376 e. The first-order valence-corrected chi connectivity index (χ1v) is 7.28. The normalized spacial score (nSPS) is 17.8. The summed E-state index contributed by atoms with van der Waals surface area (Å²) in [5, 5.41) is 7.11. The fraction of sp³-hybridized carbons (Fsp3) is 0.375. The second kappa shape index (κ2) is 6.54. The van der Waals surface area contributed by atoms with E-state index in [1.165, 1.54) is 0 Å². The van der Waals surface area contributed by atoms with E-state index in [1.54, 1.807) is 10.9 Å². The molecule has 0 radical (unpaired) electrons. The first kappa shape index (κ1) is 13.8. The minimum atomic E-state index is 0.0392. The maximum atomic E-state index is 11.9.